The number of hydrogen-bond donors (Lipinski definition) is 0. The normalized spacial score (nSPS) is 10.8. The SMILES string of the molecule is Cc1ccc(C(=O)CSc2nnc(-c3ccccc3F)n2C)cc1. The van der Waals surface area contributed by atoms with E-state index in [1.54, 1.807) is 29.8 Å². The minimum absolute atomic E-state index is 0.0236. The van der Waals surface area contributed by atoms with Crippen molar-refractivity contribution < 1.29 is 9.18 Å². The molecule has 0 atom stereocenters. The van der Waals surface area contributed by atoms with Crippen LogP contribution in [0.1, 0.15) is 15.9 Å². The van der Waals surface area contributed by atoms with Gasteiger partial charge in [-0.3, -0.25) is 4.79 Å². The molecule has 2 aromatic carbocycles. The van der Waals surface area contributed by atoms with E-state index in [4.69, 9.17) is 0 Å². The molecule has 6 heteroatoms. The molecule has 0 unspecified atom stereocenters. The predicted molar refractivity (Wildman–Crippen MR) is 92.6 cm³/mol. The molecule has 3 aromatic rings. The van der Waals surface area contributed by atoms with E-state index in [-0.39, 0.29) is 17.4 Å². The molecule has 0 saturated heterocycles. The summed E-state index contributed by atoms with van der Waals surface area (Å²) in [6.07, 6.45) is 0. The number of aromatic nitrogens is 3. The van der Waals surface area contributed by atoms with Crippen molar-refractivity contribution in [1.82, 2.24) is 14.8 Å². The van der Waals surface area contributed by atoms with Crippen LogP contribution in [0.5, 0.6) is 0 Å². The zero-order valence-electron chi connectivity index (χ0n) is 13.4. The van der Waals surface area contributed by atoms with Gasteiger partial charge in [-0.25, -0.2) is 4.39 Å². The van der Waals surface area contributed by atoms with Crippen LogP contribution in [0.25, 0.3) is 11.4 Å². The fourth-order valence-electron chi connectivity index (χ4n) is 2.27. The second-order valence-electron chi connectivity index (χ2n) is 5.42. The third kappa shape index (κ3) is 3.38. The maximum Gasteiger partial charge on any atom is 0.191 e. The number of Topliss-reactive ketones (excluding diaryl/α,β-unsaturated/α-hetero) is 1. The van der Waals surface area contributed by atoms with Crippen LogP contribution in [0.4, 0.5) is 4.39 Å². The van der Waals surface area contributed by atoms with Crippen LogP contribution in [-0.4, -0.2) is 26.3 Å². The van der Waals surface area contributed by atoms with Gasteiger partial charge >= 0.3 is 0 Å². The number of nitrogens with zero attached hydrogens (tertiary/aromatic N) is 3. The molecule has 24 heavy (non-hydrogen) atoms. The van der Waals surface area contributed by atoms with E-state index in [9.17, 15) is 9.18 Å². The highest BCUT2D eigenvalue weighted by atomic mass is 32.2. The quantitative estimate of drug-likeness (QED) is 0.521. The van der Waals surface area contributed by atoms with Gasteiger partial charge in [0.05, 0.1) is 11.3 Å². The summed E-state index contributed by atoms with van der Waals surface area (Å²) in [5.74, 6) is 0.376. The van der Waals surface area contributed by atoms with Gasteiger partial charge in [0.2, 0.25) is 0 Å². The number of hydrogen-bond acceptors (Lipinski definition) is 4. The second-order valence-corrected chi connectivity index (χ2v) is 6.37. The minimum Gasteiger partial charge on any atom is -0.305 e. The first-order valence-corrected chi connectivity index (χ1v) is 8.42. The number of thioether (sulfide) groups is 1. The Kier molecular flexibility index (Phi) is 4.76. The van der Waals surface area contributed by atoms with Crippen molar-refractivity contribution in [2.24, 2.45) is 7.05 Å². The van der Waals surface area contributed by atoms with Crippen LogP contribution in [0.2, 0.25) is 0 Å². The van der Waals surface area contributed by atoms with Crippen molar-refractivity contribution in [3.05, 3.63) is 65.5 Å². The number of benzene rings is 2. The third-order valence-corrected chi connectivity index (χ3v) is 4.68. The van der Waals surface area contributed by atoms with Crippen molar-refractivity contribution in [3.63, 3.8) is 0 Å². The van der Waals surface area contributed by atoms with E-state index in [0.717, 1.165) is 5.56 Å². The first kappa shape index (κ1) is 16.4. The van der Waals surface area contributed by atoms with Gasteiger partial charge in [-0.05, 0) is 19.1 Å². The Labute approximate surface area is 143 Å². The fraction of sp³-hybridized carbons (Fsp3) is 0.167. The van der Waals surface area contributed by atoms with E-state index < -0.39 is 0 Å². The molecule has 0 aliphatic rings. The summed E-state index contributed by atoms with van der Waals surface area (Å²) in [6, 6.07) is 13.9. The fourth-order valence-corrected chi connectivity index (χ4v) is 3.08. The molecule has 0 bridgehead atoms. The van der Waals surface area contributed by atoms with Gasteiger partial charge in [-0.1, -0.05) is 53.7 Å². The summed E-state index contributed by atoms with van der Waals surface area (Å²) in [4.78, 5) is 12.2. The molecule has 0 saturated carbocycles. The van der Waals surface area contributed by atoms with Gasteiger partial charge in [-0.15, -0.1) is 10.2 Å². The van der Waals surface area contributed by atoms with Crippen molar-refractivity contribution in [1.29, 1.82) is 0 Å². The monoisotopic (exact) mass is 341 g/mol. The molecule has 0 N–H and O–H groups in total. The topological polar surface area (TPSA) is 47.8 Å². The van der Waals surface area contributed by atoms with Crippen LogP contribution in [-0.2, 0) is 7.05 Å². The minimum atomic E-state index is -0.347. The molecule has 0 aliphatic carbocycles. The number of rotatable bonds is 5. The first-order chi connectivity index (χ1) is 11.6. The lowest BCUT2D eigenvalue weighted by Crippen LogP contribution is -2.04. The molecular weight excluding hydrogens is 325 g/mol. The molecule has 0 spiro atoms. The molecule has 3 rings (SSSR count). The van der Waals surface area contributed by atoms with E-state index in [1.807, 2.05) is 31.2 Å². The van der Waals surface area contributed by atoms with Gasteiger partial charge in [0, 0.05) is 12.6 Å². The number of carbonyl (C=O) groups excluding carboxylic acids is 1. The Bertz CT molecular complexity index is 874. The maximum absolute atomic E-state index is 13.9. The molecule has 122 valence electrons. The molecular formula is C18H16FN3OS. The predicted octanol–water partition coefficient (Wildman–Crippen LogP) is 3.90. The molecule has 4 nitrogen and oxygen atoms in total. The zero-order valence-corrected chi connectivity index (χ0v) is 14.2. The zero-order chi connectivity index (χ0) is 17.1. The Morgan fingerprint density at radius 2 is 1.83 bits per heavy atom. The highest BCUT2D eigenvalue weighted by Gasteiger charge is 2.15. The smallest absolute Gasteiger partial charge is 0.191 e. The van der Waals surface area contributed by atoms with Gasteiger partial charge in [0.15, 0.2) is 16.8 Å². The van der Waals surface area contributed by atoms with E-state index >= 15 is 0 Å². The maximum atomic E-state index is 13.9. The number of halogens is 1. The van der Waals surface area contributed by atoms with Gasteiger partial charge < -0.3 is 4.57 Å². The van der Waals surface area contributed by atoms with Crippen LogP contribution in [0.15, 0.2) is 53.7 Å². The summed E-state index contributed by atoms with van der Waals surface area (Å²) in [5, 5.41) is 8.70. The lowest BCUT2D eigenvalue weighted by Gasteiger charge is -2.05. The number of carbonyl (C=O) groups is 1. The first-order valence-electron chi connectivity index (χ1n) is 7.43. The highest BCUT2D eigenvalue weighted by molar-refractivity contribution is 7.99. The summed E-state index contributed by atoms with van der Waals surface area (Å²) in [5.41, 5.74) is 2.18. The van der Waals surface area contributed by atoms with Crippen LogP contribution < -0.4 is 0 Å². The van der Waals surface area contributed by atoms with Crippen molar-refractivity contribution in [2.75, 3.05) is 5.75 Å². The molecule has 1 heterocycles. The summed E-state index contributed by atoms with van der Waals surface area (Å²) in [6.45, 7) is 1.98. The van der Waals surface area contributed by atoms with Crippen molar-refractivity contribution in [2.45, 2.75) is 12.1 Å². The van der Waals surface area contributed by atoms with E-state index in [2.05, 4.69) is 10.2 Å². The molecule has 0 radical (unpaired) electrons. The Balaban J connectivity index is 1.74. The highest BCUT2D eigenvalue weighted by Crippen LogP contribution is 2.25. The van der Waals surface area contributed by atoms with Crippen LogP contribution in [0, 0.1) is 12.7 Å². The number of aryl methyl sites for hydroxylation is 1. The Morgan fingerprint density at radius 3 is 2.54 bits per heavy atom. The van der Waals surface area contributed by atoms with Crippen molar-refractivity contribution in [3.8, 4) is 11.4 Å². The standard InChI is InChI=1S/C18H16FN3OS/c1-12-7-9-13(10-8-12)16(23)11-24-18-21-20-17(22(18)2)14-5-3-4-6-15(14)19/h3-10H,11H2,1-2H3. The summed E-state index contributed by atoms with van der Waals surface area (Å²) >= 11 is 1.29. The van der Waals surface area contributed by atoms with Gasteiger partial charge in [0.1, 0.15) is 5.82 Å². The summed E-state index contributed by atoms with van der Waals surface area (Å²) in [7, 11) is 1.76. The Morgan fingerprint density at radius 1 is 1.12 bits per heavy atom. The largest absolute Gasteiger partial charge is 0.305 e. The van der Waals surface area contributed by atoms with E-state index in [1.165, 1.54) is 17.8 Å². The second kappa shape index (κ2) is 6.97. The molecule has 1 aromatic heterocycles. The average molecular weight is 341 g/mol. The summed E-state index contributed by atoms with van der Waals surface area (Å²) < 4.78 is 15.6. The van der Waals surface area contributed by atoms with Gasteiger partial charge in [-0.2, -0.15) is 0 Å². The van der Waals surface area contributed by atoms with Gasteiger partial charge in [0.25, 0.3) is 0 Å². The van der Waals surface area contributed by atoms with Crippen LogP contribution in [0.3, 0.4) is 0 Å². The lowest BCUT2D eigenvalue weighted by molar-refractivity contribution is 0.102. The Hall–Kier alpha value is -2.47. The number of ketones is 1. The van der Waals surface area contributed by atoms with E-state index in [0.29, 0.717) is 22.1 Å². The molecule has 0 aliphatic heterocycles. The van der Waals surface area contributed by atoms with Crippen molar-refractivity contribution >= 4 is 17.5 Å². The lowest BCUT2D eigenvalue weighted by atomic mass is 10.1. The average Bonchev–Trinajstić information content (AvgIpc) is 2.94. The van der Waals surface area contributed by atoms with Crippen LogP contribution >= 0.6 is 11.8 Å². The third-order valence-electron chi connectivity index (χ3n) is 3.66. The molecule has 0 amide bonds. The molecule has 0 fully saturated rings.